The van der Waals surface area contributed by atoms with E-state index in [0.717, 1.165) is 46.5 Å². The molecule has 0 spiro atoms. The zero-order valence-corrected chi connectivity index (χ0v) is 20.9. The van der Waals surface area contributed by atoms with E-state index in [1.165, 1.54) is 27.1 Å². The number of anilines is 1. The molecule has 8 heteroatoms. The molecular formula is C25H23N3O2S3. The van der Waals surface area contributed by atoms with Crippen molar-refractivity contribution in [2.75, 3.05) is 11.1 Å². The first-order chi connectivity index (χ1) is 16.0. The summed E-state index contributed by atoms with van der Waals surface area (Å²) < 4.78 is 0. The molecule has 5 rings (SSSR count). The monoisotopic (exact) mass is 493 g/mol. The number of thioether (sulfide) groups is 1. The van der Waals surface area contributed by atoms with Crippen LogP contribution in [0.3, 0.4) is 0 Å². The van der Waals surface area contributed by atoms with Gasteiger partial charge in [0.15, 0.2) is 5.78 Å². The van der Waals surface area contributed by atoms with E-state index in [1.54, 1.807) is 29.0 Å². The Balaban J connectivity index is 1.39. The molecule has 168 valence electrons. The Morgan fingerprint density at radius 2 is 1.85 bits per heavy atom. The average Bonchev–Trinajstić information content (AvgIpc) is 3.34. The van der Waals surface area contributed by atoms with Crippen LogP contribution in [0.25, 0.3) is 10.2 Å². The number of carbonyl (C=O) groups is 2. The topological polar surface area (TPSA) is 72.0 Å². The highest BCUT2D eigenvalue weighted by Crippen LogP contribution is 2.40. The number of nitrogens with zero attached hydrogens (tertiary/aromatic N) is 2. The summed E-state index contributed by atoms with van der Waals surface area (Å²) in [5, 5.41) is 5.59. The van der Waals surface area contributed by atoms with E-state index in [1.807, 2.05) is 30.3 Å². The van der Waals surface area contributed by atoms with Crippen LogP contribution in [-0.2, 0) is 17.6 Å². The molecule has 33 heavy (non-hydrogen) atoms. The number of hydrogen-bond acceptors (Lipinski definition) is 7. The number of thiophene rings is 2. The predicted octanol–water partition coefficient (Wildman–Crippen LogP) is 6.21. The lowest BCUT2D eigenvalue weighted by atomic mass is 9.92. The van der Waals surface area contributed by atoms with E-state index >= 15 is 0 Å². The second-order valence-electron chi connectivity index (χ2n) is 8.09. The van der Waals surface area contributed by atoms with Gasteiger partial charge in [-0.2, -0.15) is 0 Å². The number of aryl methyl sites for hydroxylation is 3. The van der Waals surface area contributed by atoms with Gasteiger partial charge in [-0.05, 0) is 50.7 Å². The number of aromatic nitrogens is 2. The molecular weight excluding hydrogens is 470 g/mol. The lowest BCUT2D eigenvalue weighted by Crippen LogP contribution is -2.16. The highest BCUT2D eigenvalue weighted by Gasteiger charge is 2.27. The number of fused-ring (bicyclic) bond motifs is 2. The molecule has 5 nitrogen and oxygen atoms in total. The van der Waals surface area contributed by atoms with Crippen LogP contribution >= 0.6 is 34.4 Å². The van der Waals surface area contributed by atoms with Crippen LogP contribution < -0.4 is 5.32 Å². The van der Waals surface area contributed by atoms with Crippen molar-refractivity contribution in [2.45, 2.75) is 44.6 Å². The van der Waals surface area contributed by atoms with Gasteiger partial charge >= 0.3 is 0 Å². The van der Waals surface area contributed by atoms with Crippen molar-refractivity contribution in [3.8, 4) is 0 Å². The summed E-state index contributed by atoms with van der Waals surface area (Å²) in [5.74, 6) is 0.0824. The minimum Gasteiger partial charge on any atom is -0.316 e. The molecule has 3 heterocycles. The van der Waals surface area contributed by atoms with Crippen molar-refractivity contribution in [1.82, 2.24) is 9.97 Å². The number of nitrogens with one attached hydrogen (secondary N) is 1. The zero-order valence-electron chi connectivity index (χ0n) is 18.4. The molecule has 4 aromatic rings. The number of ketones is 1. The van der Waals surface area contributed by atoms with Crippen molar-refractivity contribution in [1.29, 1.82) is 0 Å². The summed E-state index contributed by atoms with van der Waals surface area (Å²) in [4.78, 5) is 38.5. The number of rotatable bonds is 6. The second kappa shape index (κ2) is 9.37. The molecule has 0 saturated heterocycles. The Morgan fingerprint density at radius 1 is 1.06 bits per heavy atom. The SMILES string of the molecule is Cc1sc2ncnc(SCC(=O)Nc3sc4c(c3C(=O)c3ccccc3)CCCC4)c2c1C. The van der Waals surface area contributed by atoms with Crippen molar-refractivity contribution >= 4 is 61.3 Å². The maximum atomic E-state index is 13.4. The van der Waals surface area contributed by atoms with E-state index in [4.69, 9.17) is 0 Å². The minimum absolute atomic E-state index is 0.0140. The normalized spacial score (nSPS) is 13.2. The van der Waals surface area contributed by atoms with Crippen LogP contribution in [-0.4, -0.2) is 27.4 Å². The molecule has 0 saturated carbocycles. The Kier molecular flexibility index (Phi) is 6.32. The lowest BCUT2D eigenvalue weighted by molar-refractivity contribution is -0.113. The fourth-order valence-corrected chi connectivity index (χ4v) is 7.40. The largest absolute Gasteiger partial charge is 0.316 e. The molecule has 0 atom stereocenters. The molecule has 0 radical (unpaired) electrons. The number of carbonyl (C=O) groups excluding carboxylic acids is 2. The van der Waals surface area contributed by atoms with Crippen LogP contribution in [0.4, 0.5) is 5.00 Å². The first-order valence-corrected chi connectivity index (χ1v) is 13.5. The molecule has 0 bridgehead atoms. The predicted molar refractivity (Wildman–Crippen MR) is 137 cm³/mol. The second-order valence-corrected chi connectivity index (χ2v) is 11.4. The van der Waals surface area contributed by atoms with Crippen LogP contribution in [0.2, 0.25) is 0 Å². The summed E-state index contributed by atoms with van der Waals surface area (Å²) in [6, 6.07) is 9.32. The van der Waals surface area contributed by atoms with E-state index in [2.05, 4.69) is 29.1 Å². The quantitative estimate of drug-likeness (QED) is 0.196. The van der Waals surface area contributed by atoms with Gasteiger partial charge in [-0.1, -0.05) is 42.1 Å². The van der Waals surface area contributed by atoms with Crippen molar-refractivity contribution < 1.29 is 9.59 Å². The van der Waals surface area contributed by atoms with Crippen molar-refractivity contribution in [3.05, 3.63) is 68.7 Å². The van der Waals surface area contributed by atoms with E-state index in [-0.39, 0.29) is 17.4 Å². The summed E-state index contributed by atoms with van der Waals surface area (Å²) in [5.41, 5.74) is 3.61. The van der Waals surface area contributed by atoms with Crippen LogP contribution in [0.15, 0.2) is 41.7 Å². The molecule has 3 aromatic heterocycles. The summed E-state index contributed by atoms with van der Waals surface area (Å²) >= 11 is 4.62. The van der Waals surface area contributed by atoms with Crippen LogP contribution in [0, 0.1) is 13.8 Å². The highest BCUT2D eigenvalue weighted by atomic mass is 32.2. The number of hydrogen-bond donors (Lipinski definition) is 1. The highest BCUT2D eigenvalue weighted by molar-refractivity contribution is 8.00. The van der Waals surface area contributed by atoms with Crippen molar-refractivity contribution in [3.63, 3.8) is 0 Å². The molecule has 0 unspecified atom stereocenters. The molecule has 1 aliphatic carbocycles. The van der Waals surface area contributed by atoms with Gasteiger partial charge in [0, 0.05) is 20.7 Å². The zero-order chi connectivity index (χ0) is 22.9. The molecule has 0 fully saturated rings. The van der Waals surface area contributed by atoms with Gasteiger partial charge in [-0.15, -0.1) is 22.7 Å². The van der Waals surface area contributed by atoms with E-state index in [0.29, 0.717) is 16.1 Å². The molecule has 1 aliphatic rings. The summed E-state index contributed by atoms with van der Waals surface area (Å²) in [7, 11) is 0. The van der Waals surface area contributed by atoms with Gasteiger partial charge in [0.1, 0.15) is 21.2 Å². The van der Waals surface area contributed by atoms with Gasteiger partial charge in [-0.25, -0.2) is 9.97 Å². The fourth-order valence-electron chi connectivity index (χ4n) is 4.18. The first kappa shape index (κ1) is 22.3. The molecule has 1 aromatic carbocycles. The Bertz CT molecular complexity index is 1360. The van der Waals surface area contributed by atoms with Crippen LogP contribution in [0.1, 0.15) is 49.6 Å². The Morgan fingerprint density at radius 3 is 2.67 bits per heavy atom. The fraction of sp³-hybridized carbons (Fsp3) is 0.280. The maximum absolute atomic E-state index is 13.4. The summed E-state index contributed by atoms with van der Waals surface area (Å²) in [6.07, 6.45) is 5.61. The Labute approximate surface area is 204 Å². The third kappa shape index (κ3) is 4.35. The van der Waals surface area contributed by atoms with E-state index < -0.39 is 0 Å². The van der Waals surface area contributed by atoms with Gasteiger partial charge in [0.2, 0.25) is 5.91 Å². The third-order valence-corrected chi connectivity index (χ3v) is 9.27. The minimum atomic E-state index is -0.128. The molecule has 1 amide bonds. The lowest BCUT2D eigenvalue weighted by Gasteiger charge is -2.12. The maximum Gasteiger partial charge on any atom is 0.235 e. The first-order valence-electron chi connectivity index (χ1n) is 10.9. The van der Waals surface area contributed by atoms with Crippen LogP contribution in [0.5, 0.6) is 0 Å². The van der Waals surface area contributed by atoms with Crippen molar-refractivity contribution in [2.24, 2.45) is 0 Å². The molecule has 1 N–H and O–H groups in total. The smallest absolute Gasteiger partial charge is 0.235 e. The Hall–Kier alpha value is -2.55. The van der Waals surface area contributed by atoms with Gasteiger partial charge in [-0.3, -0.25) is 9.59 Å². The van der Waals surface area contributed by atoms with Gasteiger partial charge < -0.3 is 5.32 Å². The average molecular weight is 494 g/mol. The third-order valence-electron chi connectivity index (χ3n) is 5.96. The van der Waals surface area contributed by atoms with Gasteiger partial charge in [0.05, 0.1) is 11.3 Å². The van der Waals surface area contributed by atoms with Gasteiger partial charge in [0.25, 0.3) is 0 Å². The standard InChI is InChI=1S/C25H23N3O2S3/c1-14-15(2)32-24-20(14)23(26-13-27-24)31-12-19(29)28-25-21(17-10-6-7-11-18(17)33-25)22(30)16-8-4-3-5-9-16/h3-5,8-9,13H,6-7,10-12H2,1-2H3,(H,28,29). The molecule has 0 aliphatic heterocycles. The van der Waals surface area contributed by atoms with E-state index in [9.17, 15) is 9.59 Å². The summed E-state index contributed by atoms with van der Waals surface area (Å²) in [6.45, 7) is 4.14. The number of amides is 1. The number of benzene rings is 1.